The van der Waals surface area contributed by atoms with Crippen molar-refractivity contribution in [3.05, 3.63) is 0 Å². The maximum absolute atomic E-state index is 12.3. The summed E-state index contributed by atoms with van der Waals surface area (Å²) < 4.78 is 0. The van der Waals surface area contributed by atoms with Crippen LogP contribution in [-0.2, 0) is 14.4 Å². The molecule has 37 heavy (non-hydrogen) atoms. The van der Waals surface area contributed by atoms with E-state index < -0.39 is 36.2 Å². The molecule has 5 N–H and O–H groups in total. The Kier molecular flexibility index (Phi) is 23.6. The Balaban J connectivity index is 3.91. The highest BCUT2D eigenvalue weighted by Gasteiger charge is 2.38. The summed E-state index contributed by atoms with van der Waals surface area (Å²) in [6.45, 7) is 5.44. The molecule has 0 aromatic heterocycles. The van der Waals surface area contributed by atoms with Gasteiger partial charge in [-0.1, -0.05) is 129 Å². The van der Waals surface area contributed by atoms with Gasteiger partial charge >= 0.3 is 0 Å². The summed E-state index contributed by atoms with van der Waals surface area (Å²) in [5.41, 5.74) is 3.18. The molecule has 0 fully saturated rings. The zero-order valence-electron chi connectivity index (χ0n) is 24.2. The summed E-state index contributed by atoms with van der Waals surface area (Å²) in [4.78, 5) is 36.3. The topological polar surface area (TPSA) is 122 Å². The van der Waals surface area contributed by atoms with E-state index in [-0.39, 0.29) is 0 Å². The van der Waals surface area contributed by atoms with Gasteiger partial charge in [-0.15, -0.1) is 0 Å². The van der Waals surface area contributed by atoms with Crippen molar-refractivity contribution in [3.8, 4) is 0 Å². The summed E-state index contributed by atoms with van der Waals surface area (Å²) in [7, 11) is 0. The fraction of sp³-hybridized carbons (Fsp3) is 0.900. The third kappa shape index (κ3) is 22.1. The number of aliphatic hydroxyl groups is 1. The van der Waals surface area contributed by atoms with Gasteiger partial charge in [0.25, 0.3) is 0 Å². The van der Waals surface area contributed by atoms with Crippen molar-refractivity contribution in [3.63, 3.8) is 0 Å². The predicted octanol–water partition coefficient (Wildman–Crippen LogP) is 6.06. The minimum absolute atomic E-state index is 0.459. The summed E-state index contributed by atoms with van der Waals surface area (Å²) in [5, 5.41) is 16.1. The standard InChI is InChI=1S/C30H59N3O4/c1-3-5-7-9-11-13-15-17-19-21-23-32-27(34)25-30(37,29(31)36)26-28(35)33-24-22-20-18-16-14-12-10-8-6-4-2/h37H,3-26H2,1-2H3,(H2,31,36)(H,32,34)(H,33,35). The fourth-order valence-corrected chi connectivity index (χ4v) is 4.57. The highest BCUT2D eigenvalue weighted by molar-refractivity contribution is 5.94. The first kappa shape index (κ1) is 35.4. The minimum Gasteiger partial charge on any atom is -0.379 e. The summed E-state index contributed by atoms with van der Waals surface area (Å²) in [5.74, 6) is -1.96. The van der Waals surface area contributed by atoms with Crippen molar-refractivity contribution in [2.75, 3.05) is 13.1 Å². The first-order valence-electron chi connectivity index (χ1n) is 15.4. The molecule has 0 saturated heterocycles. The second kappa shape index (κ2) is 24.7. The van der Waals surface area contributed by atoms with Gasteiger partial charge in [-0.2, -0.15) is 0 Å². The van der Waals surface area contributed by atoms with Gasteiger partial charge in [-0.05, 0) is 12.8 Å². The lowest BCUT2D eigenvalue weighted by atomic mass is 9.93. The van der Waals surface area contributed by atoms with Crippen LogP contribution in [0.3, 0.4) is 0 Å². The summed E-state index contributed by atoms with van der Waals surface area (Å²) in [6.07, 6.45) is 23.2. The highest BCUT2D eigenvalue weighted by atomic mass is 16.3. The van der Waals surface area contributed by atoms with Gasteiger partial charge in [-0.25, -0.2) is 0 Å². The zero-order chi connectivity index (χ0) is 27.6. The Bertz CT molecular complexity index is 543. The van der Waals surface area contributed by atoms with E-state index in [0.717, 1.165) is 38.5 Å². The van der Waals surface area contributed by atoms with Crippen LogP contribution in [0.5, 0.6) is 0 Å². The predicted molar refractivity (Wildman–Crippen MR) is 153 cm³/mol. The normalized spacial score (nSPS) is 11.4. The number of primary amides is 1. The van der Waals surface area contributed by atoms with Crippen LogP contribution in [0.15, 0.2) is 0 Å². The number of carbonyl (C=O) groups excluding carboxylic acids is 3. The molecule has 0 saturated carbocycles. The second-order valence-electron chi connectivity index (χ2n) is 10.8. The van der Waals surface area contributed by atoms with Gasteiger partial charge in [0.1, 0.15) is 0 Å². The maximum atomic E-state index is 12.3. The van der Waals surface area contributed by atoms with E-state index in [1.165, 1.54) is 89.9 Å². The van der Waals surface area contributed by atoms with Gasteiger partial charge in [0, 0.05) is 13.1 Å². The lowest BCUT2D eigenvalue weighted by molar-refractivity contribution is -0.147. The minimum atomic E-state index is -2.16. The van der Waals surface area contributed by atoms with Crippen LogP contribution >= 0.6 is 0 Å². The van der Waals surface area contributed by atoms with E-state index in [0.29, 0.717) is 13.1 Å². The van der Waals surface area contributed by atoms with Crippen molar-refractivity contribution >= 4 is 17.7 Å². The van der Waals surface area contributed by atoms with E-state index in [2.05, 4.69) is 24.5 Å². The van der Waals surface area contributed by atoms with E-state index >= 15 is 0 Å². The molecule has 0 rings (SSSR count). The van der Waals surface area contributed by atoms with Crippen LogP contribution < -0.4 is 16.4 Å². The monoisotopic (exact) mass is 525 g/mol. The Morgan fingerprint density at radius 1 is 0.541 bits per heavy atom. The zero-order valence-corrected chi connectivity index (χ0v) is 24.2. The second-order valence-corrected chi connectivity index (χ2v) is 10.8. The lowest BCUT2D eigenvalue weighted by Gasteiger charge is -2.23. The third-order valence-corrected chi connectivity index (χ3v) is 7.07. The van der Waals surface area contributed by atoms with E-state index in [4.69, 9.17) is 5.73 Å². The van der Waals surface area contributed by atoms with E-state index in [1.54, 1.807) is 0 Å². The molecule has 0 spiro atoms. The van der Waals surface area contributed by atoms with Gasteiger partial charge in [-0.3, -0.25) is 14.4 Å². The van der Waals surface area contributed by atoms with Crippen molar-refractivity contribution in [1.29, 1.82) is 0 Å². The first-order chi connectivity index (χ1) is 17.9. The number of amides is 3. The highest BCUT2D eigenvalue weighted by Crippen LogP contribution is 2.16. The largest absolute Gasteiger partial charge is 0.379 e. The molecule has 0 heterocycles. The Labute approximate surface area is 227 Å². The average molecular weight is 526 g/mol. The molecule has 0 aromatic rings. The number of unbranched alkanes of at least 4 members (excludes halogenated alkanes) is 18. The van der Waals surface area contributed by atoms with Crippen LogP contribution in [-0.4, -0.2) is 41.5 Å². The van der Waals surface area contributed by atoms with Crippen molar-refractivity contribution in [1.82, 2.24) is 10.6 Å². The average Bonchev–Trinajstić information content (AvgIpc) is 2.85. The smallest absolute Gasteiger partial charge is 0.250 e. The molecular formula is C30H59N3O4. The molecule has 0 aliphatic carbocycles. The molecule has 0 atom stereocenters. The number of nitrogens with one attached hydrogen (secondary N) is 2. The number of carbonyl (C=O) groups is 3. The van der Waals surface area contributed by atoms with Crippen molar-refractivity contribution in [2.45, 2.75) is 161 Å². The molecule has 0 radical (unpaired) electrons. The van der Waals surface area contributed by atoms with Crippen LogP contribution in [0.1, 0.15) is 155 Å². The van der Waals surface area contributed by atoms with Crippen molar-refractivity contribution in [2.24, 2.45) is 5.73 Å². The van der Waals surface area contributed by atoms with Crippen LogP contribution in [0.25, 0.3) is 0 Å². The number of hydrogen-bond donors (Lipinski definition) is 4. The molecule has 0 bridgehead atoms. The molecule has 0 unspecified atom stereocenters. The molecular weight excluding hydrogens is 466 g/mol. The number of rotatable bonds is 27. The Morgan fingerprint density at radius 3 is 1.08 bits per heavy atom. The van der Waals surface area contributed by atoms with Gasteiger partial charge < -0.3 is 21.5 Å². The molecule has 0 aromatic carbocycles. The maximum Gasteiger partial charge on any atom is 0.250 e. The van der Waals surface area contributed by atoms with Crippen LogP contribution in [0.2, 0.25) is 0 Å². The molecule has 218 valence electrons. The Morgan fingerprint density at radius 2 is 0.811 bits per heavy atom. The molecule has 7 heteroatoms. The van der Waals surface area contributed by atoms with Gasteiger partial charge in [0.2, 0.25) is 17.7 Å². The summed E-state index contributed by atoms with van der Waals surface area (Å²) >= 11 is 0. The lowest BCUT2D eigenvalue weighted by Crippen LogP contribution is -2.50. The fourth-order valence-electron chi connectivity index (χ4n) is 4.57. The van der Waals surface area contributed by atoms with Gasteiger partial charge in [0.05, 0.1) is 12.8 Å². The molecule has 0 aliphatic heterocycles. The summed E-state index contributed by atoms with van der Waals surface area (Å²) in [6, 6.07) is 0. The van der Waals surface area contributed by atoms with E-state index in [1.807, 2.05) is 0 Å². The van der Waals surface area contributed by atoms with Crippen LogP contribution in [0.4, 0.5) is 0 Å². The van der Waals surface area contributed by atoms with E-state index in [9.17, 15) is 19.5 Å². The number of nitrogens with two attached hydrogens (primary N) is 1. The first-order valence-corrected chi connectivity index (χ1v) is 15.4. The van der Waals surface area contributed by atoms with Crippen LogP contribution in [0, 0.1) is 0 Å². The SMILES string of the molecule is CCCCCCCCCCCCNC(=O)CC(O)(CC(=O)NCCCCCCCCCCCC)C(N)=O. The third-order valence-electron chi connectivity index (χ3n) is 7.07. The van der Waals surface area contributed by atoms with Gasteiger partial charge in [0.15, 0.2) is 5.60 Å². The molecule has 7 nitrogen and oxygen atoms in total. The molecule has 0 aliphatic rings. The molecule has 3 amide bonds. The number of hydrogen-bond acceptors (Lipinski definition) is 4. The van der Waals surface area contributed by atoms with Crippen molar-refractivity contribution < 1.29 is 19.5 Å². The Hall–Kier alpha value is -1.63. The quantitative estimate of drug-likeness (QED) is 0.0974.